The SMILES string of the molecule is CCOC(=O)c1c(C2CC2)csc1NC(=O)COC(=O)Cc1nc(-c2cccs2)oc1C. The van der Waals surface area contributed by atoms with E-state index in [1.165, 1.54) is 22.7 Å². The van der Waals surface area contributed by atoms with Crippen molar-refractivity contribution < 1.29 is 28.3 Å². The third kappa shape index (κ3) is 5.08. The molecule has 0 aromatic carbocycles. The van der Waals surface area contributed by atoms with Crippen LogP contribution in [0.1, 0.15) is 53.1 Å². The van der Waals surface area contributed by atoms with Crippen molar-refractivity contribution in [2.45, 2.75) is 39.0 Å². The molecule has 0 radical (unpaired) electrons. The monoisotopic (exact) mass is 474 g/mol. The molecular weight excluding hydrogens is 452 g/mol. The van der Waals surface area contributed by atoms with Crippen molar-refractivity contribution in [3.05, 3.63) is 45.5 Å². The molecule has 1 aliphatic carbocycles. The number of hydrogen-bond acceptors (Lipinski definition) is 9. The van der Waals surface area contributed by atoms with Gasteiger partial charge in [-0.05, 0) is 55.0 Å². The van der Waals surface area contributed by atoms with Crippen LogP contribution in [0.15, 0.2) is 27.3 Å². The number of thiophene rings is 2. The topological polar surface area (TPSA) is 108 Å². The van der Waals surface area contributed by atoms with Crippen LogP contribution in [0.4, 0.5) is 5.00 Å². The van der Waals surface area contributed by atoms with E-state index in [0.29, 0.717) is 33.8 Å². The normalized spacial score (nSPS) is 13.1. The van der Waals surface area contributed by atoms with Crippen molar-refractivity contribution in [1.29, 1.82) is 0 Å². The fraction of sp³-hybridized carbons (Fsp3) is 0.364. The van der Waals surface area contributed by atoms with Crippen LogP contribution in [0, 0.1) is 6.92 Å². The zero-order valence-corrected chi connectivity index (χ0v) is 19.3. The number of amides is 1. The van der Waals surface area contributed by atoms with E-state index in [4.69, 9.17) is 13.9 Å². The summed E-state index contributed by atoms with van der Waals surface area (Å²) in [6.45, 7) is 3.25. The van der Waals surface area contributed by atoms with Gasteiger partial charge in [-0.15, -0.1) is 22.7 Å². The lowest BCUT2D eigenvalue weighted by atomic mass is 10.1. The number of oxazole rings is 1. The van der Waals surface area contributed by atoms with Crippen molar-refractivity contribution in [1.82, 2.24) is 4.98 Å². The van der Waals surface area contributed by atoms with E-state index in [9.17, 15) is 14.4 Å². The second kappa shape index (κ2) is 9.66. The first kappa shape index (κ1) is 22.2. The lowest BCUT2D eigenvalue weighted by molar-refractivity contribution is -0.146. The summed E-state index contributed by atoms with van der Waals surface area (Å²) < 4.78 is 15.9. The van der Waals surface area contributed by atoms with Crippen molar-refractivity contribution in [2.24, 2.45) is 0 Å². The summed E-state index contributed by atoms with van der Waals surface area (Å²) in [6.07, 6.45) is 1.93. The Hall–Kier alpha value is -2.98. The van der Waals surface area contributed by atoms with Crippen LogP contribution in [0.25, 0.3) is 10.8 Å². The minimum Gasteiger partial charge on any atom is -0.462 e. The van der Waals surface area contributed by atoms with Gasteiger partial charge in [0.2, 0.25) is 5.89 Å². The Balaban J connectivity index is 1.34. The molecule has 168 valence electrons. The maximum Gasteiger partial charge on any atom is 0.341 e. The van der Waals surface area contributed by atoms with E-state index in [2.05, 4.69) is 10.3 Å². The maximum atomic E-state index is 12.4. The highest BCUT2D eigenvalue weighted by molar-refractivity contribution is 7.15. The summed E-state index contributed by atoms with van der Waals surface area (Å²) in [6, 6.07) is 3.77. The molecule has 3 heterocycles. The summed E-state index contributed by atoms with van der Waals surface area (Å²) in [5.41, 5.74) is 1.78. The Morgan fingerprint density at radius 3 is 2.75 bits per heavy atom. The van der Waals surface area contributed by atoms with E-state index >= 15 is 0 Å². The highest BCUT2D eigenvalue weighted by Crippen LogP contribution is 2.46. The maximum absolute atomic E-state index is 12.4. The fourth-order valence-corrected chi connectivity index (χ4v) is 4.86. The second-order valence-corrected chi connectivity index (χ2v) is 9.10. The van der Waals surface area contributed by atoms with Gasteiger partial charge in [0.1, 0.15) is 10.8 Å². The van der Waals surface area contributed by atoms with Crippen LogP contribution >= 0.6 is 22.7 Å². The lowest BCUT2D eigenvalue weighted by Crippen LogP contribution is -2.22. The van der Waals surface area contributed by atoms with E-state index in [-0.39, 0.29) is 13.0 Å². The number of nitrogens with one attached hydrogen (secondary N) is 1. The van der Waals surface area contributed by atoms with Gasteiger partial charge < -0.3 is 19.2 Å². The zero-order chi connectivity index (χ0) is 22.7. The molecule has 4 rings (SSSR count). The molecule has 0 atom stereocenters. The molecule has 8 nitrogen and oxygen atoms in total. The molecule has 3 aromatic rings. The molecule has 0 aliphatic heterocycles. The molecule has 0 spiro atoms. The van der Waals surface area contributed by atoms with Gasteiger partial charge in [-0.1, -0.05) is 6.07 Å². The van der Waals surface area contributed by atoms with Crippen LogP contribution < -0.4 is 5.32 Å². The summed E-state index contributed by atoms with van der Waals surface area (Å²) in [7, 11) is 0. The van der Waals surface area contributed by atoms with Gasteiger partial charge in [-0.3, -0.25) is 9.59 Å². The summed E-state index contributed by atoms with van der Waals surface area (Å²) >= 11 is 2.76. The summed E-state index contributed by atoms with van der Waals surface area (Å²) in [4.78, 5) is 42.2. The number of esters is 2. The summed E-state index contributed by atoms with van der Waals surface area (Å²) in [5.74, 6) is -0.257. The molecule has 1 N–H and O–H groups in total. The lowest BCUT2D eigenvalue weighted by Gasteiger charge is -2.08. The number of aryl methyl sites for hydroxylation is 1. The van der Waals surface area contributed by atoms with Gasteiger partial charge in [0.05, 0.1) is 29.2 Å². The van der Waals surface area contributed by atoms with E-state index < -0.39 is 24.5 Å². The Bertz CT molecular complexity index is 1130. The Morgan fingerprint density at radius 1 is 1.25 bits per heavy atom. The molecular formula is C22H22N2O6S2. The first-order chi connectivity index (χ1) is 15.5. The predicted octanol–water partition coefficient (Wildman–Crippen LogP) is 4.55. The first-order valence-corrected chi connectivity index (χ1v) is 12.0. The summed E-state index contributed by atoms with van der Waals surface area (Å²) in [5, 5.41) is 6.88. The van der Waals surface area contributed by atoms with Gasteiger partial charge in [-0.2, -0.15) is 0 Å². The Kier molecular flexibility index (Phi) is 6.71. The van der Waals surface area contributed by atoms with Gasteiger partial charge in [0, 0.05) is 0 Å². The highest BCUT2D eigenvalue weighted by atomic mass is 32.1. The molecule has 1 amide bonds. The van der Waals surface area contributed by atoms with Crippen molar-refractivity contribution in [3.8, 4) is 10.8 Å². The van der Waals surface area contributed by atoms with Crippen LogP contribution in [0.3, 0.4) is 0 Å². The van der Waals surface area contributed by atoms with Crippen LogP contribution in [-0.2, 0) is 25.5 Å². The first-order valence-electron chi connectivity index (χ1n) is 10.2. The quantitative estimate of drug-likeness (QED) is 0.453. The van der Waals surface area contributed by atoms with Crippen molar-refractivity contribution >= 4 is 45.5 Å². The van der Waals surface area contributed by atoms with Gasteiger partial charge >= 0.3 is 11.9 Å². The molecule has 0 unspecified atom stereocenters. The number of anilines is 1. The number of hydrogen-bond donors (Lipinski definition) is 1. The number of carbonyl (C=O) groups is 3. The molecule has 0 bridgehead atoms. The average Bonchev–Trinajstić information content (AvgIpc) is 3.13. The van der Waals surface area contributed by atoms with Crippen LogP contribution in [-0.4, -0.2) is 36.0 Å². The van der Waals surface area contributed by atoms with Crippen LogP contribution in [0.2, 0.25) is 0 Å². The molecule has 3 aromatic heterocycles. The average molecular weight is 475 g/mol. The largest absolute Gasteiger partial charge is 0.462 e. The van der Waals surface area contributed by atoms with Gasteiger partial charge in [0.25, 0.3) is 5.91 Å². The number of carbonyl (C=O) groups excluding carboxylic acids is 3. The van der Waals surface area contributed by atoms with Crippen LogP contribution in [0.5, 0.6) is 0 Å². The number of aromatic nitrogens is 1. The van der Waals surface area contributed by atoms with Gasteiger partial charge in [0.15, 0.2) is 6.61 Å². The third-order valence-corrected chi connectivity index (χ3v) is 6.64. The minimum absolute atomic E-state index is 0.104. The number of ether oxygens (including phenoxy) is 2. The Morgan fingerprint density at radius 2 is 2.06 bits per heavy atom. The van der Waals surface area contributed by atoms with Gasteiger partial charge in [-0.25, -0.2) is 9.78 Å². The standard InChI is InChI=1S/C22H22N2O6S2/c1-3-28-22(27)19-14(13-6-7-13)11-32-21(19)24-17(25)10-29-18(26)9-15-12(2)30-20(23-15)16-5-4-8-31-16/h4-5,8,11,13H,3,6-7,9-10H2,1-2H3,(H,24,25). The van der Waals surface area contributed by atoms with Crippen molar-refractivity contribution in [2.75, 3.05) is 18.5 Å². The molecule has 10 heteroatoms. The fourth-order valence-electron chi connectivity index (χ4n) is 3.17. The number of nitrogens with zero attached hydrogens (tertiary/aromatic N) is 1. The highest BCUT2D eigenvalue weighted by Gasteiger charge is 2.32. The van der Waals surface area contributed by atoms with E-state index in [1.54, 1.807) is 13.8 Å². The van der Waals surface area contributed by atoms with Crippen molar-refractivity contribution in [3.63, 3.8) is 0 Å². The smallest absolute Gasteiger partial charge is 0.341 e. The zero-order valence-electron chi connectivity index (χ0n) is 17.6. The van der Waals surface area contributed by atoms with E-state index in [1.807, 2.05) is 22.9 Å². The third-order valence-electron chi connectivity index (χ3n) is 4.87. The second-order valence-electron chi connectivity index (χ2n) is 7.27. The predicted molar refractivity (Wildman–Crippen MR) is 120 cm³/mol. The van der Waals surface area contributed by atoms with E-state index in [0.717, 1.165) is 23.3 Å². The Labute approximate surface area is 192 Å². The molecule has 1 saturated carbocycles. The minimum atomic E-state index is -0.593. The number of rotatable bonds is 9. The molecule has 1 fully saturated rings. The molecule has 1 aliphatic rings. The molecule has 0 saturated heterocycles. The molecule has 32 heavy (non-hydrogen) atoms.